The summed E-state index contributed by atoms with van der Waals surface area (Å²) in [6.45, 7) is 3.04. The van der Waals surface area contributed by atoms with Gasteiger partial charge in [-0.25, -0.2) is 14.7 Å². The average molecular weight is 416 g/mol. The third-order valence-electron chi connectivity index (χ3n) is 6.60. The van der Waals surface area contributed by atoms with Gasteiger partial charge in [0.2, 0.25) is 0 Å². The summed E-state index contributed by atoms with van der Waals surface area (Å²) in [5, 5.41) is 12.3. The van der Waals surface area contributed by atoms with Gasteiger partial charge in [-0.3, -0.25) is 9.69 Å². The molecule has 0 radical (unpaired) electrons. The zero-order chi connectivity index (χ0) is 21.4. The van der Waals surface area contributed by atoms with Crippen molar-refractivity contribution in [3.63, 3.8) is 0 Å². The molecule has 1 aromatic heterocycles. The first-order valence-corrected chi connectivity index (χ1v) is 10.6. The third kappa shape index (κ3) is 3.41. The number of nitrogens with one attached hydrogen (secondary N) is 1. The Morgan fingerprint density at radius 3 is 2.61 bits per heavy atom. The second-order valence-corrected chi connectivity index (χ2v) is 8.42. The van der Waals surface area contributed by atoms with Gasteiger partial charge in [-0.2, -0.15) is 5.26 Å². The molecule has 2 saturated heterocycles. The van der Waals surface area contributed by atoms with Crippen LogP contribution in [0, 0.1) is 11.3 Å². The van der Waals surface area contributed by atoms with Gasteiger partial charge in [0.05, 0.1) is 12.2 Å². The van der Waals surface area contributed by atoms with E-state index in [0.717, 1.165) is 12.0 Å². The normalized spacial score (nSPS) is 23.6. The summed E-state index contributed by atoms with van der Waals surface area (Å²) in [5.74, 6) is 0.574. The Morgan fingerprint density at radius 1 is 1.06 bits per heavy atom. The predicted octanol–water partition coefficient (Wildman–Crippen LogP) is 1.51. The monoisotopic (exact) mass is 416 g/mol. The standard InChI is InChI=1S/C23H24N6O2/c24-15-19-6-3-9-25-20(19)28-12-10-27(11-13-28)16-29-21(30)23(26-22(29)31)8-7-17-4-1-2-5-18(17)14-23/h1-6,9H,7-8,10-14,16H2,(H,26,31). The van der Waals surface area contributed by atoms with E-state index >= 15 is 0 Å². The molecule has 1 atom stereocenters. The summed E-state index contributed by atoms with van der Waals surface area (Å²) in [6, 6.07) is 13.6. The van der Waals surface area contributed by atoms with E-state index in [4.69, 9.17) is 0 Å². The van der Waals surface area contributed by atoms with Crippen LogP contribution in [0.1, 0.15) is 23.1 Å². The number of urea groups is 1. The minimum absolute atomic E-state index is 0.120. The number of anilines is 1. The lowest BCUT2D eigenvalue weighted by atomic mass is 9.78. The highest BCUT2D eigenvalue weighted by atomic mass is 16.2. The number of fused-ring (bicyclic) bond motifs is 1. The lowest BCUT2D eigenvalue weighted by molar-refractivity contribution is -0.133. The van der Waals surface area contributed by atoms with Gasteiger partial charge in [-0.15, -0.1) is 0 Å². The van der Waals surface area contributed by atoms with Crippen molar-refractivity contribution in [1.29, 1.82) is 5.26 Å². The molecule has 1 spiro atoms. The SMILES string of the molecule is N#Cc1cccnc1N1CCN(CN2C(=O)NC3(CCc4ccccc4C3)C2=O)CC1. The van der Waals surface area contributed by atoms with Crippen LogP contribution < -0.4 is 10.2 Å². The number of piperazine rings is 1. The molecule has 1 aromatic carbocycles. The van der Waals surface area contributed by atoms with Crippen LogP contribution >= 0.6 is 0 Å². The molecule has 1 N–H and O–H groups in total. The highest BCUT2D eigenvalue weighted by Crippen LogP contribution is 2.33. The number of aryl methyl sites for hydroxylation is 1. The van der Waals surface area contributed by atoms with E-state index in [-0.39, 0.29) is 18.6 Å². The largest absolute Gasteiger partial charge is 0.353 e. The molecule has 158 valence electrons. The maximum Gasteiger partial charge on any atom is 0.326 e. The van der Waals surface area contributed by atoms with Crippen molar-refractivity contribution in [3.05, 3.63) is 59.3 Å². The number of aromatic nitrogens is 1. The first-order valence-electron chi connectivity index (χ1n) is 10.6. The number of amides is 3. The second kappa shape index (κ2) is 7.67. The highest BCUT2D eigenvalue weighted by Gasteiger charge is 2.52. The Balaban J connectivity index is 1.24. The molecule has 1 unspecified atom stereocenters. The Labute approximate surface area is 181 Å². The molecule has 0 saturated carbocycles. The number of carbonyl (C=O) groups excluding carboxylic acids is 2. The molecule has 8 nitrogen and oxygen atoms in total. The molecular weight excluding hydrogens is 392 g/mol. The number of nitrogens with zero attached hydrogens (tertiary/aromatic N) is 5. The molecule has 2 fully saturated rings. The van der Waals surface area contributed by atoms with E-state index in [2.05, 4.69) is 32.2 Å². The molecule has 31 heavy (non-hydrogen) atoms. The minimum Gasteiger partial charge on any atom is -0.353 e. The Morgan fingerprint density at radius 2 is 1.84 bits per heavy atom. The summed E-state index contributed by atoms with van der Waals surface area (Å²) in [4.78, 5) is 35.9. The molecule has 3 amide bonds. The molecule has 3 aliphatic rings. The number of imide groups is 1. The number of nitriles is 1. The minimum atomic E-state index is -0.817. The van der Waals surface area contributed by atoms with Gasteiger partial charge in [0, 0.05) is 38.8 Å². The molecule has 2 aromatic rings. The first kappa shape index (κ1) is 19.5. The van der Waals surface area contributed by atoms with E-state index in [1.807, 2.05) is 18.2 Å². The molecule has 1 aliphatic carbocycles. The molecule has 2 aliphatic heterocycles. The van der Waals surface area contributed by atoms with Crippen LogP contribution in [0.5, 0.6) is 0 Å². The van der Waals surface area contributed by atoms with Gasteiger partial charge >= 0.3 is 6.03 Å². The second-order valence-electron chi connectivity index (χ2n) is 8.42. The quantitative estimate of drug-likeness (QED) is 0.763. The van der Waals surface area contributed by atoms with Crippen molar-refractivity contribution in [1.82, 2.24) is 20.1 Å². The maximum atomic E-state index is 13.3. The summed E-state index contributed by atoms with van der Waals surface area (Å²) >= 11 is 0. The third-order valence-corrected chi connectivity index (χ3v) is 6.60. The Bertz CT molecular complexity index is 1070. The van der Waals surface area contributed by atoms with Crippen molar-refractivity contribution < 1.29 is 9.59 Å². The van der Waals surface area contributed by atoms with Crippen LogP contribution in [-0.2, 0) is 17.6 Å². The number of carbonyl (C=O) groups is 2. The molecule has 5 rings (SSSR count). The van der Waals surface area contributed by atoms with Crippen molar-refractivity contribution >= 4 is 17.8 Å². The van der Waals surface area contributed by atoms with Gasteiger partial charge < -0.3 is 10.2 Å². The number of hydrogen-bond donors (Lipinski definition) is 1. The topological polar surface area (TPSA) is 92.6 Å². The fourth-order valence-electron chi connectivity index (χ4n) is 4.87. The summed E-state index contributed by atoms with van der Waals surface area (Å²) < 4.78 is 0. The van der Waals surface area contributed by atoms with Gasteiger partial charge in [0.1, 0.15) is 17.4 Å². The van der Waals surface area contributed by atoms with Crippen LogP contribution in [0.4, 0.5) is 10.6 Å². The number of rotatable bonds is 3. The smallest absolute Gasteiger partial charge is 0.326 e. The van der Waals surface area contributed by atoms with Crippen LogP contribution in [0.25, 0.3) is 0 Å². The molecule has 8 heteroatoms. The zero-order valence-corrected chi connectivity index (χ0v) is 17.3. The summed E-state index contributed by atoms with van der Waals surface area (Å²) in [5.41, 5.74) is 2.14. The fraction of sp³-hybridized carbons (Fsp3) is 0.391. The van der Waals surface area contributed by atoms with Crippen LogP contribution in [0.3, 0.4) is 0 Å². The highest BCUT2D eigenvalue weighted by molar-refractivity contribution is 6.07. The van der Waals surface area contributed by atoms with Gasteiger partial charge in [0.25, 0.3) is 5.91 Å². The van der Waals surface area contributed by atoms with Gasteiger partial charge in [0.15, 0.2) is 0 Å². The van der Waals surface area contributed by atoms with Gasteiger partial charge in [-0.05, 0) is 36.1 Å². The Hall–Kier alpha value is -3.44. The number of benzene rings is 1. The predicted molar refractivity (Wildman–Crippen MR) is 114 cm³/mol. The fourth-order valence-corrected chi connectivity index (χ4v) is 4.87. The average Bonchev–Trinajstić information content (AvgIpc) is 3.03. The number of hydrogen-bond acceptors (Lipinski definition) is 6. The van der Waals surface area contributed by atoms with E-state index < -0.39 is 5.54 Å². The van der Waals surface area contributed by atoms with Crippen molar-refractivity contribution in [2.24, 2.45) is 0 Å². The summed E-state index contributed by atoms with van der Waals surface area (Å²) in [6.07, 6.45) is 3.67. The van der Waals surface area contributed by atoms with Gasteiger partial charge in [-0.1, -0.05) is 24.3 Å². The molecule has 0 bridgehead atoms. The van der Waals surface area contributed by atoms with Crippen LogP contribution in [0.2, 0.25) is 0 Å². The van der Waals surface area contributed by atoms with Crippen LogP contribution in [-0.4, -0.2) is 65.1 Å². The maximum absolute atomic E-state index is 13.3. The van der Waals surface area contributed by atoms with E-state index in [9.17, 15) is 14.9 Å². The van der Waals surface area contributed by atoms with Crippen molar-refractivity contribution in [2.45, 2.75) is 24.8 Å². The lowest BCUT2D eigenvalue weighted by Gasteiger charge is -2.37. The number of pyridine rings is 1. The van der Waals surface area contributed by atoms with E-state index in [1.54, 1.807) is 18.3 Å². The van der Waals surface area contributed by atoms with Crippen molar-refractivity contribution in [3.8, 4) is 6.07 Å². The van der Waals surface area contributed by atoms with Crippen LogP contribution in [0.15, 0.2) is 42.6 Å². The molecular formula is C23H24N6O2. The Kier molecular flexibility index (Phi) is 4.83. The lowest BCUT2D eigenvalue weighted by Crippen LogP contribution is -2.53. The van der Waals surface area contributed by atoms with E-state index in [0.29, 0.717) is 50.4 Å². The first-order chi connectivity index (χ1) is 15.1. The summed E-state index contributed by atoms with van der Waals surface area (Å²) in [7, 11) is 0. The molecule has 3 heterocycles. The van der Waals surface area contributed by atoms with Crippen molar-refractivity contribution in [2.75, 3.05) is 37.7 Å². The van der Waals surface area contributed by atoms with E-state index in [1.165, 1.54) is 10.5 Å². The zero-order valence-electron chi connectivity index (χ0n) is 17.3.